The van der Waals surface area contributed by atoms with Crippen molar-refractivity contribution in [2.75, 3.05) is 5.32 Å². The second kappa shape index (κ2) is 10.6. The molecule has 4 rings (SSSR count). The number of carboxylic acids is 1. The smallest absolute Gasteiger partial charge is 0.335 e. The lowest BCUT2D eigenvalue weighted by Gasteiger charge is -2.07. The fourth-order valence-corrected chi connectivity index (χ4v) is 4.96. The number of carbonyl (C=O) groups excluding carboxylic acids is 1. The van der Waals surface area contributed by atoms with E-state index in [1.807, 2.05) is 30.3 Å². The van der Waals surface area contributed by atoms with Crippen molar-refractivity contribution >= 4 is 64.7 Å². The molecule has 0 atom stereocenters. The summed E-state index contributed by atoms with van der Waals surface area (Å²) >= 11 is 6.82. The van der Waals surface area contributed by atoms with Gasteiger partial charge in [0.05, 0.1) is 16.1 Å². The molecule has 174 valence electrons. The number of hydrogen-bond acceptors (Lipinski definition) is 6. The molecule has 0 saturated carbocycles. The summed E-state index contributed by atoms with van der Waals surface area (Å²) in [5, 5.41) is 22.4. The third-order valence-corrected chi connectivity index (χ3v) is 6.82. The fourth-order valence-electron chi connectivity index (χ4n) is 3.65. The van der Waals surface area contributed by atoms with Gasteiger partial charge in [-0.2, -0.15) is 0 Å². The van der Waals surface area contributed by atoms with Crippen LogP contribution in [-0.4, -0.2) is 32.9 Å². The van der Waals surface area contributed by atoms with Crippen molar-refractivity contribution in [2.24, 2.45) is 4.99 Å². The molecule has 0 unspecified atom stereocenters. The van der Waals surface area contributed by atoms with Gasteiger partial charge in [0, 0.05) is 36.0 Å². The van der Waals surface area contributed by atoms with Crippen molar-refractivity contribution in [3.05, 3.63) is 68.5 Å². The van der Waals surface area contributed by atoms with E-state index in [2.05, 4.69) is 10.3 Å². The molecule has 0 radical (unpaired) electrons. The molecule has 34 heavy (non-hydrogen) atoms. The predicted molar refractivity (Wildman–Crippen MR) is 138 cm³/mol. The van der Waals surface area contributed by atoms with Gasteiger partial charge in [0.2, 0.25) is 11.8 Å². The highest BCUT2D eigenvalue weighted by molar-refractivity contribution is 7.73. The number of carboxylic acid groups (broad SMARTS) is 1. The summed E-state index contributed by atoms with van der Waals surface area (Å²) in [4.78, 5) is 28.1. The Morgan fingerprint density at radius 2 is 1.85 bits per heavy atom. The van der Waals surface area contributed by atoms with Gasteiger partial charge in [-0.15, -0.1) is 11.3 Å². The quantitative estimate of drug-likeness (QED) is 0.245. The first kappa shape index (κ1) is 23.6. The van der Waals surface area contributed by atoms with Crippen LogP contribution in [0.25, 0.3) is 11.6 Å². The third-order valence-electron chi connectivity index (χ3n) is 5.44. The van der Waals surface area contributed by atoms with Gasteiger partial charge in [0.15, 0.2) is 3.95 Å². The van der Waals surface area contributed by atoms with E-state index in [0.29, 0.717) is 33.9 Å². The van der Waals surface area contributed by atoms with E-state index in [1.54, 1.807) is 22.9 Å². The van der Waals surface area contributed by atoms with Crippen LogP contribution in [-0.2, 0) is 11.3 Å². The third kappa shape index (κ3) is 5.49. The number of unbranched alkanes of at least 4 members (excludes halogenated alkanes) is 2. The number of para-hydroxylation sites is 1. The number of anilines is 1. The lowest BCUT2D eigenvalue weighted by molar-refractivity contribution is -0.116. The van der Waals surface area contributed by atoms with Crippen molar-refractivity contribution in [2.45, 2.75) is 32.2 Å². The monoisotopic (exact) mass is 493 g/mol. The molecule has 3 N–H and O–H groups in total. The van der Waals surface area contributed by atoms with E-state index in [1.165, 1.54) is 23.5 Å². The molecule has 1 aliphatic heterocycles. The van der Waals surface area contributed by atoms with Gasteiger partial charge in [-0.3, -0.25) is 14.4 Å². The summed E-state index contributed by atoms with van der Waals surface area (Å²) in [6, 6.07) is 13.9. The Hall–Kier alpha value is -3.56. The molecule has 0 fully saturated rings. The largest absolute Gasteiger partial charge is 0.493 e. The van der Waals surface area contributed by atoms with Gasteiger partial charge in [0.25, 0.3) is 0 Å². The number of thiazole rings is 1. The van der Waals surface area contributed by atoms with Crippen LogP contribution in [0, 0.1) is 3.95 Å². The van der Waals surface area contributed by atoms with Gasteiger partial charge in [-0.25, -0.2) is 4.79 Å². The molecule has 0 spiro atoms. The summed E-state index contributed by atoms with van der Waals surface area (Å²) in [5.74, 6) is -0.968. The van der Waals surface area contributed by atoms with Crippen molar-refractivity contribution in [3.63, 3.8) is 0 Å². The van der Waals surface area contributed by atoms with Gasteiger partial charge in [-0.05, 0) is 61.5 Å². The Morgan fingerprint density at radius 3 is 2.62 bits per heavy atom. The number of benzene rings is 2. The second-order valence-corrected chi connectivity index (χ2v) is 9.50. The number of amides is 1. The minimum atomic E-state index is -1.00. The number of aromatic nitrogens is 1. The minimum Gasteiger partial charge on any atom is -0.493 e. The maximum absolute atomic E-state index is 12.1. The minimum absolute atomic E-state index is 0.120. The number of nitrogens with one attached hydrogen (secondary N) is 1. The molecular formula is C25H23N3O4S2. The number of allylic oxidation sites excluding steroid dienone is 1. The molecule has 7 nitrogen and oxygen atoms in total. The van der Waals surface area contributed by atoms with E-state index in [-0.39, 0.29) is 17.4 Å². The van der Waals surface area contributed by atoms with Crippen LogP contribution >= 0.6 is 23.6 Å². The Morgan fingerprint density at radius 1 is 1.09 bits per heavy atom. The van der Waals surface area contributed by atoms with Gasteiger partial charge < -0.3 is 15.5 Å². The number of carbonyl (C=O) groups is 2. The standard InChI is InChI=1S/C25H23N3O4S2/c29-22(27-18-11-9-16(10-12-18)24(31)32)8-2-1-5-13-28-23(30)21(34-25(28)33)14-17-15-26-20-7-4-3-6-19(17)20/h3-4,6-7,9-12,14-15,30H,1-2,5,8,13H2,(H,27,29)(H,31,32)/b17-14+. The number of fused-ring (bicyclic) bond motifs is 1. The first-order chi connectivity index (χ1) is 16.4. The molecule has 0 bridgehead atoms. The first-order valence-electron chi connectivity index (χ1n) is 10.8. The average molecular weight is 494 g/mol. The topological polar surface area (TPSA) is 104 Å². The first-order valence-corrected chi connectivity index (χ1v) is 12.1. The summed E-state index contributed by atoms with van der Waals surface area (Å²) in [6.07, 6.45) is 6.34. The molecule has 0 saturated heterocycles. The van der Waals surface area contributed by atoms with Crippen LogP contribution in [0.3, 0.4) is 0 Å². The molecule has 2 aromatic carbocycles. The Balaban J connectivity index is 1.26. The van der Waals surface area contributed by atoms with Crippen LogP contribution in [0.5, 0.6) is 5.88 Å². The Bertz CT molecular complexity index is 1340. The number of aliphatic imine (C=N–C) groups is 1. The summed E-state index contributed by atoms with van der Waals surface area (Å²) < 4.78 is 2.34. The van der Waals surface area contributed by atoms with E-state index in [0.717, 1.165) is 29.7 Å². The number of hydrogen-bond donors (Lipinski definition) is 3. The summed E-state index contributed by atoms with van der Waals surface area (Å²) in [7, 11) is 0. The summed E-state index contributed by atoms with van der Waals surface area (Å²) in [5.41, 5.74) is 3.63. The maximum Gasteiger partial charge on any atom is 0.335 e. The molecule has 1 aromatic heterocycles. The van der Waals surface area contributed by atoms with E-state index in [9.17, 15) is 14.7 Å². The normalized spacial score (nSPS) is 13.2. The Kier molecular flexibility index (Phi) is 7.34. The molecule has 9 heteroatoms. The van der Waals surface area contributed by atoms with Gasteiger partial charge in [-0.1, -0.05) is 24.6 Å². The second-order valence-electron chi connectivity index (χ2n) is 7.82. The lowest BCUT2D eigenvalue weighted by Crippen LogP contribution is -2.11. The molecule has 1 amide bonds. The maximum atomic E-state index is 12.1. The van der Waals surface area contributed by atoms with E-state index in [4.69, 9.17) is 17.3 Å². The Labute approximate surface area is 205 Å². The number of aromatic hydroxyl groups is 1. The highest BCUT2D eigenvalue weighted by Gasteiger charge is 2.15. The van der Waals surface area contributed by atoms with Crippen LogP contribution < -0.4 is 5.32 Å². The van der Waals surface area contributed by atoms with Crippen molar-refractivity contribution < 1.29 is 19.8 Å². The van der Waals surface area contributed by atoms with E-state index < -0.39 is 5.97 Å². The SMILES string of the molecule is O=C(CCCCCn1c(O)c(/C=C2\C=Nc3ccccc32)sc1=S)Nc1ccc(C(=O)O)cc1. The van der Waals surface area contributed by atoms with Crippen LogP contribution in [0.1, 0.15) is 46.5 Å². The lowest BCUT2D eigenvalue weighted by atomic mass is 10.1. The number of aromatic carboxylic acids is 1. The van der Waals surface area contributed by atoms with Gasteiger partial charge >= 0.3 is 5.97 Å². The van der Waals surface area contributed by atoms with Crippen LogP contribution in [0.4, 0.5) is 11.4 Å². The average Bonchev–Trinajstić information content (AvgIpc) is 3.35. The van der Waals surface area contributed by atoms with E-state index >= 15 is 0 Å². The zero-order chi connectivity index (χ0) is 24.1. The zero-order valence-corrected chi connectivity index (χ0v) is 19.9. The number of nitrogens with zero attached hydrogens (tertiary/aromatic N) is 2. The van der Waals surface area contributed by atoms with Crippen LogP contribution in [0.15, 0.2) is 53.5 Å². The predicted octanol–water partition coefficient (Wildman–Crippen LogP) is 6.14. The fraction of sp³-hybridized carbons (Fsp3) is 0.200. The van der Waals surface area contributed by atoms with Crippen molar-refractivity contribution in [3.8, 4) is 5.88 Å². The zero-order valence-electron chi connectivity index (χ0n) is 18.2. The molecule has 0 aliphatic carbocycles. The van der Waals surface area contributed by atoms with Crippen molar-refractivity contribution in [1.82, 2.24) is 4.57 Å². The molecule has 1 aliphatic rings. The highest BCUT2D eigenvalue weighted by atomic mass is 32.1. The number of rotatable bonds is 9. The van der Waals surface area contributed by atoms with Crippen molar-refractivity contribution in [1.29, 1.82) is 0 Å². The highest BCUT2D eigenvalue weighted by Crippen LogP contribution is 2.35. The summed E-state index contributed by atoms with van der Waals surface area (Å²) in [6.45, 7) is 0.577. The van der Waals surface area contributed by atoms with Gasteiger partial charge in [0.1, 0.15) is 0 Å². The molecular weight excluding hydrogens is 470 g/mol. The molecule has 3 aromatic rings. The van der Waals surface area contributed by atoms with Crippen LogP contribution in [0.2, 0.25) is 0 Å². The molecule has 2 heterocycles.